The molecule has 24 heavy (non-hydrogen) atoms. The molecule has 2 heterocycles. The first kappa shape index (κ1) is 15.8. The van der Waals surface area contributed by atoms with Crippen molar-refractivity contribution in [3.05, 3.63) is 47.8 Å². The highest BCUT2D eigenvalue weighted by Gasteiger charge is 2.16. The summed E-state index contributed by atoms with van der Waals surface area (Å²) in [6, 6.07) is 13.8. The Hall–Kier alpha value is -3.07. The van der Waals surface area contributed by atoms with E-state index in [0.717, 1.165) is 16.6 Å². The summed E-state index contributed by atoms with van der Waals surface area (Å²) in [5.41, 5.74) is 2.46. The van der Waals surface area contributed by atoms with E-state index in [1.54, 1.807) is 4.68 Å². The van der Waals surface area contributed by atoms with Crippen molar-refractivity contribution in [3.8, 4) is 6.07 Å². The lowest BCUT2D eigenvalue weighted by Gasteiger charge is -2.10. The minimum Gasteiger partial charge on any atom is -0.337 e. The van der Waals surface area contributed by atoms with E-state index in [0.29, 0.717) is 31.0 Å². The molecule has 0 aliphatic carbocycles. The van der Waals surface area contributed by atoms with Crippen LogP contribution in [-0.4, -0.2) is 20.3 Å². The number of aromatic nitrogens is 3. The van der Waals surface area contributed by atoms with Gasteiger partial charge in [-0.3, -0.25) is 4.79 Å². The summed E-state index contributed by atoms with van der Waals surface area (Å²) in [5.74, 6) is 0.437. The first-order chi connectivity index (χ1) is 11.6. The van der Waals surface area contributed by atoms with Gasteiger partial charge in [0, 0.05) is 23.5 Å². The molecule has 0 saturated carbocycles. The number of rotatable bonds is 5. The Bertz CT molecular complexity index is 929. The molecule has 0 aliphatic rings. The largest absolute Gasteiger partial charge is 0.337 e. The maximum Gasteiger partial charge on any atom is 0.273 e. The third kappa shape index (κ3) is 2.88. The van der Waals surface area contributed by atoms with Gasteiger partial charge < -0.3 is 9.88 Å². The van der Waals surface area contributed by atoms with Crippen molar-refractivity contribution in [2.45, 2.75) is 33.4 Å². The fraction of sp³-hybridized carbons (Fsp3) is 0.278. The minimum absolute atomic E-state index is 0.175. The Morgan fingerprint density at radius 2 is 2.12 bits per heavy atom. The maximum absolute atomic E-state index is 12.8. The molecule has 1 amide bonds. The van der Waals surface area contributed by atoms with Crippen LogP contribution in [0.1, 0.15) is 29.5 Å². The molecule has 0 fully saturated rings. The summed E-state index contributed by atoms with van der Waals surface area (Å²) in [7, 11) is 0. The van der Waals surface area contributed by atoms with Crippen LogP contribution in [0.4, 0.5) is 5.82 Å². The molecule has 1 aromatic carbocycles. The molecular formula is C18H19N5O. The van der Waals surface area contributed by atoms with Crippen molar-refractivity contribution in [2.75, 3.05) is 5.32 Å². The van der Waals surface area contributed by atoms with Gasteiger partial charge in [0.15, 0.2) is 0 Å². The fourth-order valence-corrected chi connectivity index (χ4v) is 2.89. The number of nitrogens with zero attached hydrogens (tertiary/aromatic N) is 4. The van der Waals surface area contributed by atoms with E-state index < -0.39 is 0 Å². The number of hydrogen-bond donors (Lipinski definition) is 1. The Kier molecular flexibility index (Phi) is 4.34. The van der Waals surface area contributed by atoms with E-state index in [9.17, 15) is 4.79 Å². The van der Waals surface area contributed by atoms with Crippen LogP contribution in [0.2, 0.25) is 0 Å². The fourth-order valence-electron chi connectivity index (χ4n) is 2.89. The van der Waals surface area contributed by atoms with Crippen molar-refractivity contribution in [3.63, 3.8) is 0 Å². The highest BCUT2D eigenvalue weighted by atomic mass is 16.2. The lowest BCUT2D eigenvalue weighted by atomic mass is 10.2. The standard InChI is InChI=1S/C18H19N5O/c1-3-22-15-8-5-4-7-14(15)12-16(22)18(24)20-17-11-13(2)21-23(17)10-6-9-19/h4-5,7-8,11-12H,3,6,10H2,1-2H3,(H,20,24). The Balaban J connectivity index is 1.92. The molecule has 3 rings (SSSR count). The van der Waals surface area contributed by atoms with Crippen LogP contribution in [0.15, 0.2) is 36.4 Å². The van der Waals surface area contributed by atoms with Gasteiger partial charge in [0.25, 0.3) is 5.91 Å². The first-order valence-corrected chi connectivity index (χ1v) is 7.95. The predicted octanol–water partition coefficient (Wildman–Crippen LogP) is 3.33. The van der Waals surface area contributed by atoms with Crippen LogP contribution in [0.3, 0.4) is 0 Å². The van der Waals surface area contributed by atoms with E-state index >= 15 is 0 Å². The number of amides is 1. The van der Waals surface area contributed by atoms with Crippen molar-refractivity contribution < 1.29 is 4.79 Å². The Labute approximate surface area is 140 Å². The van der Waals surface area contributed by atoms with Crippen molar-refractivity contribution in [2.24, 2.45) is 0 Å². The van der Waals surface area contributed by atoms with Gasteiger partial charge in [-0.25, -0.2) is 4.68 Å². The zero-order valence-corrected chi connectivity index (χ0v) is 13.8. The number of carbonyl (C=O) groups is 1. The molecule has 0 radical (unpaired) electrons. The number of aryl methyl sites for hydroxylation is 3. The van der Waals surface area contributed by atoms with Gasteiger partial charge in [-0.2, -0.15) is 10.4 Å². The average Bonchev–Trinajstić information content (AvgIpc) is 3.12. The first-order valence-electron chi connectivity index (χ1n) is 7.95. The molecule has 6 nitrogen and oxygen atoms in total. The van der Waals surface area contributed by atoms with Crippen LogP contribution in [-0.2, 0) is 13.1 Å². The molecule has 0 atom stereocenters. The minimum atomic E-state index is -0.175. The summed E-state index contributed by atoms with van der Waals surface area (Å²) < 4.78 is 3.66. The van der Waals surface area contributed by atoms with Crippen molar-refractivity contribution >= 4 is 22.6 Å². The monoisotopic (exact) mass is 321 g/mol. The van der Waals surface area contributed by atoms with E-state index in [1.807, 2.05) is 54.8 Å². The zero-order chi connectivity index (χ0) is 17.1. The molecule has 0 saturated heterocycles. The number of carbonyl (C=O) groups excluding carboxylic acids is 1. The Morgan fingerprint density at radius 3 is 2.88 bits per heavy atom. The molecule has 3 aromatic rings. The van der Waals surface area contributed by atoms with Gasteiger partial charge >= 0.3 is 0 Å². The topological polar surface area (TPSA) is 75.6 Å². The van der Waals surface area contributed by atoms with Gasteiger partial charge in [0.05, 0.1) is 24.7 Å². The molecule has 1 N–H and O–H groups in total. The smallest absolute Gasteiger partial charge is 0.273 e. The summed E-state index contributed by atoms with van der Waals surface area (Å²) in [5, 5.41) is 17.0. The van der Waals surface area contributed by atoms with Gasteiger partial charge in [-0.05, 0) is 26.0 Å². The van der Waals surface area contributed by atoms with Gasteiger partial charge in [-0.1, -0.05) is 18.2 Å². The predicted molar refractivity (Wildman–Crippen MR) is 92.8 cm³/mol. The highest BCUT2D eigenvalue weighted by molar-refractivity contribution is 6.06. The van der Waals surface area contributed by atoms with Gasteiger partial charge in [0.2, 0.25) is 0 Å². The van der Waals surface area contributed by atoms with Crippen LogP contribution in [0, 0.1) is 18.3 Å². The van der Waals surface area contributed by atoms with Crippen molar-refractivity contribution in [1.29, 1.82) is 5.26 Å². The highest BCUT2D eigenvalue weighted by Crippen LogP contribution is 2.21. The molecule has 122 valence electrons. The SMILES string of the molecule is CCn1c(C(=O)Nc2cc(C)nn2CCC#N)cc2ccccc21. The third-order valence-electron chi connectivity index (χ3n) is 3.94. The molecule has 2 aromatic heterocycles. The van der Waals surface area contributed by atoms with E-state index in [-0.39, 0.29) is 5.91 Å². The normalized spacial score (nSPS) is 10.7. The number of para-hydroxylation sites is 1. The quantitative estimate of drug-likeness (QED) is 0.783. The van der Waals surface area contributed by atoms with E-state index in [1.165, 1.54) is 0 Å². The van der Waals surface area contributed by atoms with Crippen molar-refractivity contribution in [1.82, 2.24) is 14.3 Å². The molecule has 0 aliphatic heterocycles. The number of nitriles is 1. The molecule has 0 bridgehead atoms. The molecule has 0 unspecified atom stereocenters. The molecule has 6 heteroatoms. The third-order valence-corrected chi connectivity index (χ3v) is 3.94. The lowest BCUT2D eigenvalue weighted by Crippen LogP contribution is -2.19. The number of fused-ring (bicyclic) bond motifs is 1. The molecule has 0 spiro atoms. The summed E-state index contributed by atoms with van der Waals surface area (Å²) in [6.45, 7) is 5.05. The number of nitrogens with one attached hydrogen (secondary N) is 1. The zero-order valence-electron chi connectivity index (χ0n) is 13.8. The lowest BCUT2D eigenvalue weighted by molar-refractivity contribution is 0.101. The van der Waals surface area contributed by atoms with E-state index in [4.69, 9.17) is 5.26 Å². The average molecular weight is 321 g/mol. The molecular weight excluding hydrogens is 302 g/mol. The summed E-state index contributed by atoms with van der Waals surface area (Å²) >= 11 is 0. The Morgan fingerprint density at radius 1 is 1.33 bits per heavy atom. The van der Waals surface area contributed by atoms with Gasteiger partial charge in [-0.15, -0.1) is 0 Å². The second-order valence-corrected chi connectivity index (χ2v) is 5.59. The van der Waals surface area contributed by atoms with Crippen LogP contribution >= 0.6 is 0 Å². The van der Waals surface area contributed by atoms with E-state index in [2.05, 4.69) is 16.5 Å². The summed E-state index contributed by atoms with van der Waals surface area (Å²) in [6.07, 6.45) is 0.346. The number of anilines is 1. The number of hydrogen-bond acceptors (Lipinski definition) is 3. The second-order valence-electron chi connectivity index (χ2n) is 5.59. The van der Waals surface area contributed by atoms with Gasteiger partial charge in [0.1, 0.15) is 11.5 Å². The van der Waals surface area contributed by atoms with Crippen LogP contribution in [0.5, 0.6) is 0 Å². The van der Waals surface area contributed by atoms with Crippen LogP contribution in [0.25, 0.3) is 10.9 Å². The van der Waals surface area contributed by atoms with Crippen LogP contribution < -0.4 is 5.32 Å². The second kappa shape index (κ2) is 6.59. The number of benzene rings is 1. The maximum atomic E-state index is 12.8. The summed E-state index contributed by atoms with van der Waals surface area (Å²) in [4.78, 5) is 12.8.